The summed E-state index contributed by atoms with van der Waals surface area (Å²) in [6, 6.07) is 1.90. The number of nitrogens with two attached hydrogens (primary N) is 1. The van der Waals surface area contributed by atoms with Gasteiger partial charge in [0.15, 0.2) is 0 Å². The lowest BCUT2D eigenvalue weighted by atomic mass is 10.3. The number of carbonyl (C=O) groups is 1. The van der Waals surface area contributed by atoms with Crippen LogP contribution in [0.15, 0.2) is 6.07 Å². The molecular formula is C12H19N5O. The maximum absolute atomic E-state index is 11.3. The molecule has 0 radical (unpaired) electrons. The molecule has 0 aliphatic carbocycles. The van der Waals surface area contributed by atoms with Crippen molar-refractivity contribution in [2.45, 2.75) is 20.4 Å². The Labute approximate surface area is 107 Å². The third-order valence-corrected chi connectivity index (χ3v) is 3.11. The average Bonchev–Trinajstić information content (AvgIpc) is 2.38. The second-order valence-corrected chi connectivity index (χ2v) is 4.50. The van der Waals surface area contributed by atoms with Gasteiger partial charge in [-0.2, -0.15) is 0 Å². The number of aryl methyl sites for hydroxylation is 1. The molecule has 1 aromatic rings. The van der Waals surface area contributed by atoms with Crippen molar-refractivity contribution in [1.82, 2.24) is 14.9 Å². The summed E-state index contributed by atoms with van der Waals surface area (Å²) in [6.45, 7) is 6.96. The van der Waals surface area contributed by atoms with E-state index in [0.717, 1.165) is 43.5 Å². The first kappa shape index (κ1) is 12.8. The number of amides is 1. The highest BCUT2D eigenvalue weighted by atomic mass is 16.2. The fraction of sp³-hybridized carbons (Fsp3) is 0.583. The van der Waals surface area contributed by atoms with Crippen LogP contribution in [0.3, 0.4) is 0 Å². The first-order valence-corrected chi connectivity index (χ1v) is 6.15. The highest BCUT2D eigenvalue weighted by molar-refractivity contribution is 5.73. The molecule has 0 saturated carbocycles. The molecule has 2 heterocycles. The quantitative estimate of drug-likeness (QED) is 0.793. The summed E-state index contributed by atoms with van der Waals surface area (Å²) in [5, 5.41) is 0. The van der Waals surface area contributed by atoms with Crippen LogP contribution in [0.2, 0.25) is 0 Å². The number of carbonyl (C=O) groups excluding carboxylic acids is 1. The second kappa shape index (κ2) is 5.30. The summed E-state index contributed by atoms with van der Waals surface area (Å²) < 4.78 is 0. The minimum absolute atomic E-state index is 0.127. The largest absolute Gasteiger partial charge is 0.339 e. The standard InChI is InChI=1S/C12H19N5O/c1-9-7-11(8-13)15-12(14-9)17-5-3-16(4-6-17)10(2)18/h7H,3-6,8,13H2,1-2H3. The molecule has 1 aliphatic heterocycles. The lowest BCUT2D eigenvalue weighted by molar-refractivity contribution is -0.129. The number of rotatable bonds is 2. The van der Waals surface area contributed by atoms with Gasteiger partial charge in [-0.25, -0.2) is 9.97 Å². The summed E-state index contributed by atoms with van der Waals surface area (Å²) in [5.74, 6) is 0.848. The summed E-state index contributed by atoms with van der Waals surface area (Å²) in [5.41, 5.74) is 7.40. The molecule has 2 N–H and O–H groups in total. The molecule has 1 aliphatic rings. The Bertz CT molecular complexity index is 440. The fourth-order valence-electron chi connectivity index (χ4n) is 2.08. The van der Waals surface area contributed by atoms with Crippen LogP contribution in [0.5, 0.6) is 0 Å². The van der Waals surface area contributed by atoms with Gasteiger partial charge in [-0.3, -0.25) is 4.79 Å². The fourth-order valence-corrected chi connectivity index (χ4v) is 2.08. The van der Waals surface area contributed by atoms with Crippen LogP contribution in [-0.4, -0.2) is 47.0 Å². The molecule has 6 nitrogen and oxygen atoms in total. The maximum Gasteiger partial charge on any atom is 0.225 e. The summed E-state index contributed by atoms with van der Waals surface area (Å²) >= 11 is 0. The first-order chi connectivity index (χ1) is 8.60. The molecule has 1 saturated heterocycles. The Hall–Kier alpha value is -1.69. The number of nitrogens with zero attached hydrogens (tertiary/aromatic N) is 4. The number of aromatic nitrogens is 2. The Morgan fingerprint density at radius 3 is 2.56 bits per heavy atom. The highest BCUT2D eigenvalue weighted by Gasteiger charge is 2.20. The van der Waals surface area contributed by atoms with Crippen molar-refractivity contribution in [3.8, 4) is 0 Å². The minimum Gasteiger partial charge on any atom is -0.339 e. The molecule has 0 atom stereocenters. The van der Waals surface area contributed by atoms with E-state index in [1.165, 1.54) is 0 Å². The molecule has 0 bridgehead atoms. The van der Waals surface area contributed by atoms with Gasteiger partial charge >= 0.3 is 0 Å². The molecule has 1 amide bonds. The average molecular weight is 249 g/mol. The van der Waals surface area contributed by atoms with Gasteiger partial charge in [0.05, 0.1) is 5.69 Å². The van der Waals surface area contributed by atoms with E-state index in [0.29, 0.717) is 6.54 Å². The third kappa shape index (κ3) is 2.76. The highest BCUT2D eigenvalue weighted by Crippen LogP contribution is 2.13. The van der Waals surface area contributed by atoms with Gasteiger partial charge in [-0.15, -0.1) is 0 Å². The van der Waals surface area contributed by atoms with Crippen LogP contribution < -0.4 is 10.6 Å². The Balaban J connectivity index is 2.09. The van der Waals surface area contributed by atoms with Gasteiger partial charge in [-0.05, 0) is 13.0 Å². The van der Waals surface area contributed by atoms with Crippen LogP contribution >= 0.6 is 0 Å². The molecule has 2 rings (SSSR count). The zero-order chi connectivity index (χ0) is 13.1. The molecule has 1 fully saturated rings. The number of anilines is 1. The lowest BCUT2D eigenvalue weighted by Crippen LogP contribution is -2.48. The van der Waals surface area contributed by atoms with Crippen molar-refractivity contribution in [3.63, 3.8) is 0 Å². The number of hydrogen-bond acceptors (Lipinski definition) is 5. The van der Waals surface area contributed by atoms with Crippen molar-refractivity contribution < 1.29 is 4.79 Å². The van der Waals surface area contributed by atoms with E-state index in [4.69, 9.17) is 5.73 Å². The monoisotopic (exact) mass is 249 g/mol. The van der Waals surface area contributed by atoms with Gasteiger partial charge in [0, 0.05) is 45.3 Å². The van der Waals surface area contributed by atoms with Crippen molar-refractivity contribution in [1.29, 1.82) is 0 Å². The summed E-state index contributed by atoms with van der Waals surface area (Å²) in [6.07, 6.45) is 0. The van der Waals surface area contributed by atoms with Gasteiger partial charge < -0.3 is 15.5 Å². The van der Waals surface area contributed by atoms with E-state index in [1.807, 2.05) is 17.9 Å². The zero-order valence-electron chi connectivity index (χ0n) is 10.9. The van der Waals surface area contributed by atoms with Crippen molar-refractivity contribution in [2.24, 2.45) is 5.73 Å². The molecule has 1 aromatic heterocycles. The van der Waals surface area contributed by atoms with E-state index >= 15 is 0 Å². The molecule has 18 heavy (non-hydrogen) atoms. The van der Waals surface area contributed by atoms with Crippen LogP contribution in [-0.2, 0) is 11.3 Å². The van der Waals surface area contributed by atoms with Crippen LogP contribution in [0, 0.1) is 6.92 Å². The Morgan fingerprint density at radius 2 is 2.00 bits per heavy atom. The normalized spacial score (nSPS) is 15.9. The smallest absolute Gasteiger partial charge is 0.225 e. The Kier molecular flexibility index (Phi) is 3.76. The van der Waals surface area contributed by atoms with Gasteiger partial charge in [0.1, 0.15) is 0 Å². The van der Waals surface area contributed by atoms with E-state index in [9.17, 15) is 4.79 Å². The number of piperazine rings is 1. The van der Waals surface area contributed by atoms with E-state index in [2.05, 4.69) is 14.9 Å². The predicted molar refractivity (Wildman–Crippen MR) is 69.1 cm³/mol. The van der Waals surface area contributed by atoms with E-state index in [-0.39, 0.29) is 5.91 Å². The SMILES string of the molecule is CC(=O)N1CCN(c2nc(C)cc(CN)n2)CC1. The van der Waals surface area contributed by atoms with Gasteiger partial charge in [0.2, 0.25) is 11.9 Å². The zero-order valence-corrected chi connectivity index (χ0v) is 10.9. The third-order valence-electron chi connectivity index (χ3n) is 3.11. The minimum atomic E-state index is 0.127. The van der Waals surface area contributed by atoms with Crippen LogP contribution in [0.1, 0.15) is 18.3 Å². The van der Waals surface area contributed by atoms with E-state index < -0.39 is 0 Å². The van der Waals surface area contributed by atoms with Crippen LogP contribution in [0.4, 0.5) is 5.95 Å². The van der Waals surface area contributed by atoms with Gasteiger partial charge in [0.25, 0.3) is 0 Å². The molecule has 0 spiro atoms. The molecular weight excluding hydrogens is 230 g/mol. The first-order valence-electron chi connectivity index (χ1n) is 6.15. The van der Waals surface area contributed by atoms with Crippen molar-refractivity contribution >= 4 is 11.9 Å². The molecule has 6 heteroatoms. The number of hydrogen-bond donors (Lipinski definition) is 1. The topological polar surface area (TPSA) is 75.4 Å². The molecule has 0 unspecified atom stereocenters. The van der Waals surface area contributed by atoms with Crippen molar-refractivity contribution in [2.75, 3.05) is 31.1 Å². The summed E-state index contributed by atoms with van der Waals surface area (Å²) in [7, 11) is 0. The van der Waals surface area contributed by atoms with E-state index in [1.54, 1.807) is 6.92 Å². The second-order valence-electron chi connectivity index (χ2n) is 4.50. The van der Waals surface area contributed by atoms with Gasteiger partial charge in [-0.1, -0.05) is 0 Å². The van der Waals surface area contributed by atoms with Crippen molar-refractivity contribution in [3.05, 3.63) is 17.5 Å². The van der Waals surface area contributed by atoms with Crippen LogP contribution in [0.25, 0.3) is 0 Å². The molecule has 0 aromatic carbocycles. The molecule has 98 valence electrons. The Morgan fingerprint density at radius 1 is 1.33 bits per heavy atom. The lowest BCUT2D eigenvalue weighted by Gasteiger charge is -2.34. The summed E-state index contributed by atoms with van der Waals surface area (Å²) in [4.78, 5) is 24.1. The predicted octanol–water partition coefficient (Wildman–Crippen LogP) is -0.0878. The maximum atomic E-state index is 11.3.